The highest BCUT2D eigenvalue weighted by Gasteiger charge is 2.37. The van der Waals surface area contributed by atoms with Crippen LogP contribution in [-0.4, -0.2) is 23.1 Å². The molecule has 0 saturated carbocycles. The highest BCUT2D eigenvalue weighted by molar-refractivity contribution is 8.00. The highest BCUT2D eigenvalue weighted by atomic mass is 32.2. The third kappa shape index (κ3) is 4.48. The van der Waals surface area contributed by atoms with Gasteiger partial charge in [-0.25, -0.2) is 0 Å². The lowest BCUT2D eigenvalue weighted by Gasteiger charge is -2.36. The molecule has 17 heavy (non-hydrogen) atoms. The van der Waals surface area contributed by atoms with Crippen molar-refractivity contribution < 1.29 is 0 Å². The summed E-state index contributed by atoms with van der Waals surface area (Å²) < 4.78 is 0.498. The van der Waals surface area contributed by atoms with Gasteiger partial charge in [-0.05, 0) is 50.8 Å². The number of hydrogen-bond donors (Lipinski definition) is 1. The summed E-state index contributed by atoms with van der Waals surface area (Å²) in [5, 5.41) is 3.83. The van der Waals surface area contributed by atoms with E-state index in [9.17, 15) is 0 Å². The van der Waals surface area contributed by atoms with Gasteiger partial charge in [0.25, 0.3) is 0 Å². The van der Waals surface area contributed by atoms with E-state index in [1.54, 1.807) is 0 Å². The Bertz CT molecular complexity index is 195. The molecule has 0 aromatic heterocycles. The number of hydrogen-bond acceptors (Lipinski definition) is 2. The first-order valence-corrected chi connectivity index (χ1v) is 8.52. The van der Waals surface area contributed by atoms with E-state index in [2.05, 4.69) is 44.8 Å². The van der Waals surface area contributed by atoms with Gasteiger partial charge in [-0.15, -0.1) is 0 Å². The van der Waals surface area contributed by atoms with Crippen molar-refractivity contribution in [1.82, 2.24) is 5.32 Å². The molecule has 1 nitrogen and oxygen atoms in total. The Hall–Kier alpha value is 0.310. The normalized spacial score (nSPS) is 26.6. The Morgan fingerprint density at radius 2 is 1.94 bits per heavy atom. The number of rotatable bonds is 8. The average molecular weight is 257 g/mol. The highest BCUT2D eigenvalue weighted by Crippen LogP contribution is 2.42. The van der Waals surface area contributed by atoms with Gasteiger partial charge in [0.15, 0.2) is 0 Å². The Labute approximate surface area is 113 Å². The van der Waals surface area contributed by atoms with E-state index in [0.717, 1.165) is 12.0 Å². The minimum Gasteiger partial charge on any atom is -0.313 e. The molecule has 2 atom stereocenters. The van der Waals surface area contributed by atoms with Crippen molar-refractivity contribution in [2.45, 2.75) is 77.0 Å². The van der Waals surface area contributed by atoms with Crippen LogP contribution in [0.2, 0.25) is 0 Å². The second-order valence-corrected chi connectivity index (χ2v) is 7.32. The Morgan fingerprint density at radius 3 is 2.41 bits per heavy atom. The maximum atomic E-state index is 3.83. The van der Waals surface area contributed by atoms with Gasteiger partial charge in [0.1, 0.15) is 0 Å². The number of nitrogens with one attached hydrogen (secondary N) is 1. The first kappa shape index (κ1) is 15.4. The van der Waals surface area contributed by atoms with E-state index < -0.39 is 0 Å². The van der Waals surface area contributed by atoms with Crippen LogP contribution in [0.5, 0.6) is 0 Å². The van der Waals surface area contributed by atoms with E-state index in [1.165, 1.54) is 50.8 Å². The van der Waals surface area contributed by atoms with E-state index in [-0.39, 0.29) is 0 Å². The second-order valence-electron chi connectivity index (χ2n) is 5.69. The molecule has 0 aromatic rings. The van der Waals surface area contributed by atoms with Crippen molar-refractivity contribution in [3.8, 4) is 0 Å². The van der Waals surface area contributed by atoms with Gasteiger partial charge in [-0.2, -0.15) is 11.8 Å². The first-order valence-electron chi connectivity index (χ1n) is 7.53. The zero-order chi connectivity index (χ0) is 12.7. The van der Waals surface area contributed by atoms with Crippen molar-refractivity contribution >= 4 is 11.8 Å². The molecule has 1 saturated heterocycles. The SMILES string of the molecule is CCCNC(CC(CC)CC)C1(C)CCCS1. The maximum absolute atomic E-state index is 3.83. The lowest BCUT2D eigenvalue weighted by molar-refractivity contribution is 0.312. The molecule has 0 spiro atoms. The van der Waals surface area contributed by atoms with Gasteiger partial charge < -0.3 is 5.32 Å². The molecule has 2 heteroatoms. The largest absolute Gasteiger partial charge is 0.313 e. The standard InChI is InChI=1S/C15H31NS/c1-5-10-16-14(12-13(6-2)7-3)15(4)9-8-11-17-15/h13-14,16H,5-12H2,1-4H3. The van der Waals surface area contributed by atoms with Gasteiger partial charge in [-0.3, -0.25) is 0 Å². The summed E-state index contributed by atoms with van der Waals surface area (Å²) in [5.41, 5.74) is 0. The smallest absolute Gasteiger partial charge is 0.0285 e. The molecular weight excluding hydrogens is 226 g/mol. The second kappa shape index (κ2) is 7.68. The van der Waals surface area contributed by atoms with Crippen LogP contribution in [0.25, 0.3) is 0 Å². The molecule has 1 rings (SSSR count). The fourth-order valence-corrected chi connectivity index (χ4v) is 4.32. The van der Waals surface area contributed by atoms with Crippen molar-refractivity contribution in [3.63, 3.8) is 0 Å². The third-order valence-electron chi connectivity index (χ3n) is 4.35. The zero-order valence-electron chi connectivity index (χ0n) is 12.2. The Balaban J connectivity index is 2.58. The van der Waals surface area contributed by atoms with Crippen molar-refractivity contribution in [3.05, 3.63) is 0 Å². The van der Waals surface area contributed by atoms with Crippen LogP contribution >= 0.6 is 11.8 Å². The van der Waals surface area contributed by atoms with E-state index >= 15 is 0 Å². The van der Waals surface area contributed by atoms with Gasteiger partial charge >= 0.3 is 0 Å². The Kier molecular flexibility index (Phi) is 6.94. The summed E-state index contributed by atoms with van der Waals surface area (Å²) in [4.78, 5) is 0. The minimum atomic E-state index is 0.498. The van der Waals surface area contributed by atoms with Crippen LogP contribution in [0.3, 0.4) is 0 Å². The summed E-state index contributed by atoms with van der Waals surface area (Å²) in [6.07, 6.45) is 8.10. The predicted molar refractivity (Wildman–Crippen MR) is 80.9 cm³/mol. The third-order valence-corrected chi connectivity index (χ3v) is 5.99. The molecule has 1 heterocycles. The lowest BCUT2D eigenvalue weighted by Crippen LogP contribution is -2.46. The monoisotopic (exact) mass is 257 g/mol. The molecule has 1 N–H and O–H groups in total. The molecule has 2 unspecified atom stereocenters. The minimum absolute atomic E-state index is 0.498. The van der Waals surface area contributed by atoms with E-state index in [1.807, 2.05) is 0 Å². The topological polar surface area (TPSA) is 12.0 Å². The number of thioether (sulfide) groups is 1. The van der Waals surface area contributed by atoms with Crippen molar-refractivity contribution in [1.29, 1.82) is 0 Å². The van der Waals surface area contributed by atoms with Crippen LogP contribution in [0.15, 0.2) is 0 Å². The molecule has 0 radical (unpaired) electrons. The van der Waals surface area contributed by atoms with Crippen molar-refractivity contribution in [2.24, 2.45) is 5.92 Å². The summed E-state index contributed by atoms with van der Waals surface area (Å²) >= 11 is 2.20. The summed E-state index contributed by atoms with van der Waals surface area (Å²) in [6, 6.07) is 0.722. The summed E-state index contributed by atoms with van der Waals surface area (Å²) in [7, 11) is 0. The molecule has 0 bridgehead atoms. The summed E-state index contributed by atoms with van der Waals surface area (Å²) in [5.74, 6) is 2.27. The van der Waals surface area contributed by atoms with Crippen LogP contribution in [0, 0.1) is 5.92 Å². The van der Waals surface area contributed by atoms with Crippen LogP contribution in [0.4, 0.5) is 0 Å². The molecule has 0 aromatic carbocycles. The van der Waals surface area contributed by atoms with Gasteiger partial charge in [0.2, 0.25) is 0 Å². The van der Waals surface area contributed by atoms with Gasteiger partial charge in [-0.1, -0.05) is 33.6 Å². The van der Waals surface area contributed by atoms with E-state index in [4.69, 9.17) is 0 Å². The molecule has 1 aliphatic rings. The zero-order valence-corrected chi connectivity index (χ0v) is 13.0. The lowest BCUT2D eigenvalue weighted by atomic mass is 9.86. The van der Waals surface area contributed by atoms with Crippen LogP contribution in [0.1, 0.15) is 66.2 Å². The first-order chi connectivity index (χ1) is 8.16. The van der Waals surface area contributed by atoms with Crippen LogP contribution in [-0.2, 0) is 0 Å². The molecule has 0 aliphatic carbocycles. The fourth-order valence-electron chi connectivity index (χ4n) is 2.90. The molecule has 1 fully saturated rings. The fraction of sp³-hybridized carbons (Fsp3) is 1.00. The molecule has 0 amide bonds. The van der Waals surface area contributed by atoms with Crippen molar-refractivity contribution in [2.75, 3.05) is 12.3 Å². The summed E-state index contributed by atoms with van der Waals surface area (Å²) in [6.45, 7) is 10.6. The van der Waals surface area contributed by atoms with Gasteiger partial charge in [0, 0.05) is 10.8 Å². The Morgan fingerprint density at radius 1 is 1.24 bits per heavy atom. The van der Waals surface area contributed by atoms with Crippen LogP contribution < -0.4 is 5.32 Å². The maximum Gasteiger partial charge on any atom is 0.0285 e. The molecular formula is C15H31NS. The molecule has 102 valence electrons. The van der Waals surface area contributed by atoms with E-state index in [0.29, 0.717) is 4.75 Å². The predicted octanol–water partition coefficient (Wildman–Crippen LogP) is 4.47. The molecule has 1 aliphatic heterocycles. The van der Waals surface area contributed by atoms with Gasteiger partial charge in [0.05, 0.1) is 0 Å². The average Bonchev–Trinajstić information content (AvgIpc) is 2.77. The quantitative estimate of drug-likeness (QED) is 0.688.